The summed E-state index contributed by atoms with van der Waals surface area (Å²) >= 11 is 6.02. The maximum Gasteiger partial charge on any atom is 0.417 e. The van der Waals surface area contributed by atoms with E-state index in [1.807, 2.05) is 11.0 Å². The van der Waals surface area contributed by atoms with Gasteiger partial charge in [0.2, 0.25) is 0 Å². The molecular weight excluding hydrogens is 317 g/mol. The van der Waals surface area contributed by atoms with Crippen LogP contribution in [0.5, 0.6) is 0 Å². The van der Waals surface area contributed by atoms with Crippen molar-refractivity contribution in [2.75, 3.05) is 18.0 Å². The Labute approximate surface area is 130 Å². The van der Waals surface area contributed by atoms with Gasteiger partial charge in [-0.25, -0.2) is 4.98 Å². The van der Waals surface area contributed by atoms with E-state index in [-0.39, 0.29) is 10.9 Å². The lowest BCUT2D eigenvalue weighted by atomic mass is 9.95. The molecule has 0 aliphatic carbocycles. The van der Waals surface area contributed by atoms with Crippen molar-refractivity contribution in [1.29, 1.82) is 0 Å². The van der Waals surface area contributed by atoms with Crippen LogP contribution in [0.3, 0.4) is 0 Å². The molecule has 3 heterocycles. The second-order valence-electron chi connectivity index (χ2n) is 5.32. The van der Waals surface area contributed by atoms with Gasteiger partial charge in [0, 0.05) is 37.1 Å². The summed E-state index contributed by atoms with van der Waals surface area (Å²) in [6.07, 6.45) is 0.00778. The number of H-pyrrole nitrogens is 1. The monoisotopic (exact) mass is 330 g/mol. The predicted octanol–water partition coefficient (Wildman–Crippen LogP) is 3.86. The molecule has 22 heavy (non-hydrogen) atoms. The Bertz CT molecular complexity index is 642. The third-order valence-corrected chi connectivity index (χ3v) is 4.11. The van der Waals surface area contributed by atoms with Crippen LogP contribution < -0.4 is 4.90 Å². The number of piperidine rings is 1. The van der Waals surface area contributed by atoms with E-state index >= 15 is 0 Å². The molecule has 1 aliphatic heterocycles. The van der Waals surface area contributed by atoms with E-state index in [1.54, 1.807) is 6.20 Å². The van der Waals surface area contributed by atoms with Gasteiger partial charge < -0.3 is 4.90 Å². The van der Waals surface area contributed by atoms with Crippen molar-refractivity contribution < 1.29 is 13.2 Å². The molecule has 0 spiro atoms. The number of nitrogens with zero attached hydrogens (tertiary/aromatic N) is 3. The van der Waals surface area contributed by atoms with E-state index in [0.717, 1.165) is 37.3 Å². The zero-order valence-corrected chi connectivity index (χ0v) is 12.3. The number of pyridine rings is 1. The first-order valence-electron chi connectivity index (χ1n) is 6.92. The molecule has 1 fully saturated rings. The van der Waals surface area contributed by atoms with E-state index < -0.39 is 11.7 Å². The Morgan fingerprint density at radius 3 is 2.82 bits per heavy atom. The normalized spacial score (nSPS) is 19.5. The summed E-state index contributed by atoms with van der Waals surface area (Å²) in [5.41, 5.74) is 0.191. The number of rotatable bonds is 2. The standard InChI is InChI=1S/C14H14ClF3N4/c15-11-6-10(14(16,17)18)7-19-13(11)22-5-1-2-9(8-22)12-3-4-20-21-12/h3-4,6-7,9H,1-2,5,8H2,(H,20,21)/t9-/m0/s1. The highest BCUT2D eigenvalue weighted by atomic mass is 35.5. The van der Waals surface area contributed by atoms with Gasteiger partial charge in [-0.15, -0.1) is 0 Å². The van der Waals surface area contributed by atoms with Gasteiger partial charge in [-0.3, -0.25) is 5.10 Å². The maximum atomic E-state index is 12.7. The fourth-order valence-electron chi connectivity index (χ4n) is 2.74. The van der Waals surface area contributed by atoms with Crippen LogP contribution in [0, 0.1) is 0 Å². The zero-order chi connectivity index (χ0) is 15.7. The topological polar surface area (TPSA) is 44.8 Å². The van der Waals surface area contributed by atoms with Crippen molar-refractivity contribution in [3.63, 3.8) is 0 Å². The lowest BCUT2D eigenvalue weighted by Gasteiger charge is -2.33. The average Bonchev–Trinajstić information content (AvgIpc) is 3.00. The lowest BCUT2D eigenvalue weighted by Crippen LogP contribution is -2.35. The van der Waals surface area contributed by atoms with E-state index in [9.17, 15) is 13.2 Å². The molecule has 2 aromatic rings. The van der Waals surface area contributed by atoms with Gasteiger partial charge >= 0.3 is 6.18 Å². The van der Waals surface area contributed by atoms with Gasteiger partial charge in [-0.1, -0.05) is 11.6 Å². The Morgan fingerprint density at radius 2 is 2.18 bits per heavy atom. The molecule has 0 amide bonds. The zero-order valence-electron chi connectivity index (χ0n) is 11.6. The summed E-state index contributed by atoms with van der Waals surface area (Å²) in [6, 6.07) is 2.85. The van der Waals surface area contributed by atoms with Crippen molar-refractivity contribution in [3.05, 3.63) is 40.8 Å². The van der Waals surface area contributed by atoms with Crippen molar-refractivity contribution in [2.45, 2.75) is 24.9 Å². The summed E-state index contributed by atoms with van der Waals surface area (Å²) in [5.74, 6) is 0.648. The third-order valence-electron chi connectivity index (χ3n) is 3.83. The molecule has 4 nitrogen and oxygen atoms in total. The Kier molecular flexibility index (Phi) is 3.99. The SMILES string of the molecule is FC(F)(F)c1cnc(N2CCC[C@H](c3ccn[nH]3)C2)c(Cl)c1. The van der Waals surface area contributed by atoms with E-state index in [0.29, 0.717) is 12.4 Å². The number of aromatic amines is 1. The largest absolute Gasteiger partial charge is 0.417 e. The number of anilines is 1. The van der Waals surface area contributed by atoms with Crippen molar-refractivity contribution in [3.8, 4) is 0 Å². The summed E-state index contributed by atoms with van der Waals surface area (Å²) in [4.78, 5) is 5.86. The smallest absolute Gasteiger partial charge is 0.355 e. The minimum atomic E-state index is -4.43. The van der Waals surface area contributed by atoms with Crippen molar-refractivity contribution >= 4 is 17.4 Å². The van der Waals surface area contributed by atoms with Crippen molar-refractivity contribution in [2.24, 2.45) is 0 Å². The lowest BCUT2D eigenvalue weighted by molar-refractivity contribution is -0.137. The minimum absolute atomic E-state index is 0.0279. The summed E-state index contributed by atoms with van der Waals surface area (Å²) in [7, 11) is 0. The van der Waals surface area contributed by atoms with Crippen LogP contribution in [0.25, 0.3) is 0 Å². The number of hydrogen-bond donors (Lipinski definition) is 1. The number of halogens is 4. The molecule has 1 atom stereocenters. The van der Waals surface area contributed by atoms with Gasteiger partial charge in [0.05, 0.1) is 10.6 Å². The van der Waals surface area contributed by atoms with Crippen LogP contribution in [0.15, 0.2) is 24.5 Å². The Hall–Kier alpha value is -1.76. The van der Waals surface area contributed by atoms with E-state index in [4.69, 9.17) is 11.6 Å². The molecule has 3 rings (SSSR count). The molecule has 0 bridgehead atoms. The molecule has 0 unspecified atom stereocenters. The van der Waals surface area contributed by atoms with Crippen LogP contribution >= 0.6 is 11.6 Å². The van der Waals surface area contributed by atoms with Crippen LogP contribution in [0.1, 0.15) is 30.0 Å². The number of aromatic nitrogens is 3. The fraction of sp³-hybridized carbons (Fsp3) is 0.429. The van der Waals surface area contributed by atoms with Gasteiger partial charge in [0.15, 0.2) is 0 Å². The highest BCUT2D eigenvalue weighted by molar-refractivity contribution is 6.33. The molecule has 1 aliphatic rings. The number of alkyl halides is 3. The van der Waals surface area contributed by atoms with Crippen LogP contribution in [0.4, 0.5) is 19.0 Å². The first kappa shape index (κ1) is 15.1. The highest BCUT2D eigenvalue weighted by Gasteiger charge is 2.32. The second-order valence-corrected chi connectivity index (χ2v) is 5.73. The summed E-state index contributed by atoms with van der Waals surface area (Å²) in [6.45, 7) is 1.38. The molecular formula is C14H14ClF3N4. The van der Waals surface area contributed by atoms with Gasteiger partial charge in [-0.05, 0) is 25.0 Å². The predicted molar refractivity (Wildman–Crippen MR) is 77.0 cm³/mol. The second kappa shape index (κ2) is 5.79. The van der Waals surface area contributed by atoms with E-state index in [2.05, 4.69) is 15.2 Å². The quantitative estimate of drug-likeness (QED) is 0.909. The van der Waals surface area contributed by atoms with Crippen molar-refractivity contribution in [1.82, 2.24) is 15.2 Å². The third kappa shape index (κ3) is 3.04. The fourth-order valence-corrected chi connectivity index (χ4v) is 3.02. The molecule has 0 saturated carbocycles. The number of nitrogens with one attached hydrogen (secondary N) is 1. The summed E-state index contributed by atoms with van der Waals surface area (Å²) < 4.78 is 38.0. The molecule has 1 saturated heterocycles. The Morgan fingerprint density at radius 1 is 1.36 bits per heavy atom. The average molecular weight is 331 g/mol. The summed E-state index contributed by atoms with van der Waals surface area (Å²) in [5, 5.41) is 6.91. The highest BCUT2D eigenvalue weighted by Crippen LogP contribution is 2.35. The number of hydrogen-bond acceptors (Lipinski definition) is 3. The molecule has 1 N–H and O–H groups in total. The van der Waals surface area contributed by atoms with Crippen LogP contribution in [0.2, 0.25) is 5.02 Å². The molecule has 2 aromatic heterocycles. The minimum Gasteiger partial charge on any atom is -0.355 e. The van der Waals surface area contributed by atoms with Crippen LogP contribution in [-0.2, 0) is 6.18 Å². The van der Waals surface area contributed by atoms with Crippen LogP contribution in [-0.4, -0.2) is 28.3 Å². The molecule has 118 valence electrons. The first-order chi connectivity index (χ1) is 10.4. The van der Waals surface area contributed by atoms with Gasteiger partial charge in [0.25, 0.3) is 0 Å². The van der Waals surface area contributed by atoms with Gasteiger partial charge in [0.1, 0.15) is 5.82 Å². The maximum absolute atomic E-state index is 12.7. The Balaban J connectivity index is 1.82. The first-order valence-corrected chi connectivity index (χ1v) is 7.30. The van der Waals surface area contributed by atoms with E-state index in [1.165, 1.54) is 0 Å². The molecule has 8 heteroatoms. The molecule has 0 aromatic carbocycles. The molecule has 0 radical (unpaired) electrons. The van der Waals surface area contributed by atoms with Gasteiger partial charge in [-0.2, -0.15) is 18.3 Å².